The molecule has 1 saturated heterocycles. The minimum absolute atomic E-state index is 0.307. The molecule has 1 unspecified atom stereocenters. The fourth-order valence-corrected chi connectivity index (χ4v) is 2.67. The van der Waals surface area contributed by atoms with Gasteiger partial charge in [0.25, 0.3) is 5.91 Å². The van der Waals surface area contributed by atoms with Gasteiger partial charge in [-0.3, -0.25) is 4.79 Å². The molecular formula is C13H16N4O2. The maximum absolute atomic E-state index is 12.1. The summed E-state index contributed by atoms with van der Waals surface area (Å²) in [5, 5.41) is 11.5. The van der Waals surface area contributed by atoms with Crippen molar-refractivity contribution in [2.75, 3.05) is 20.1 Å². The van der Waals surface area contributed by atoms with Gasteiger partial charge in [-0.1, -0.05) is 6.08 Å². The van der Waals surface area contributed by atoms with Gasteiger partial charge in [-0.05, 0) is 19.9 Å². The first-order valence-corrected chi connectivity index (χ1v) is 6.40. The molecule has 0 radical (unpaired) electrons. The Bertz CT molecular complexity index is 620. The van der Waals surface area contributed by atoms with Crippen molar-refractivity contribution in [3.8, 4) is 0 Å². The smallest absolute Gasteiger partial charge is 0.257 e. The Balaban J connectivity index is 1.99. The van der Waals surface area contributed by atoms with Crippen LogP contribution in [-0.4, -0.2) is 51.6 Å². The molecule has 1 N–H and O–H groups in total. The Morgan fingerprint density at radius 2 is 2.16 bits per heavy atom. The first kappa shape index (κ1) is 12.4. The van der Waals surface area contributed by atoms with E-state index in [2.05, 4.69) is 19.9 Å². The molecule has 0 bridgehead atoms. The van der Waals surface area contributed by atoms with Crippen LogP contribution in [-0.2, 0) is 4.79 Å². The monoisotopic (exact) mass is 260 g/mol. The highest BCUT2D eigenvalue weighted by Gasteiger charge is 2.42. The average molecular weight is 260 g/mol. The van der Waals surface area contributed by atoms with Gasteiger partial charge in [0.15, 0.2) is 5.49 Å². The molecule has 3 rings (SSSR count). The lowest BCUT2D eigenvalue weighted by molar-refractivity contribution is -0.130. The highest BCUT2D eigenvalue weighted by Crippen LogP contribution is 2.31. The zero-order valence-electron chi connectivity index (χ0n) is 10.8. The highest BCUT2D eigenvalue weighted by molar-refractivity contribution is 5.87. The average Bonchev–Trinajstić information content (AvgIpc) is 2.41. The van der Waals surface area contributed by atoms with Gasteiger partial charge in [0.05, 0.1) is 11.5 Å². The summed E-state index contributed by atoms with van der Waals surface area (Å²) in [6.45, 7) is 1.57. The third-order valence-corrected chi connectivity index (χ3v) is 3.98. The fourth-order valence-electron chi connectivity index (χ4n) is 2.67. The van der Waals surface area contributed by atoms with Crippen LogP contribution in [0.2, 0.25) is 0 Å². The van der Waals surface area contributed by atoms with Crippen LogP contribution in [0.15, 0.2) is 17.5 Å². The molecule has 2 aliphatic rings. The molecule has 1 atom stereocenters. The number of rotatable bonds is 1. The van der Waals surface area contributed by atoms with Crippen LogP contribution in [0.5, 0.6) is 0 Å². The molecule has 3 heterocycles. The van der Waals surface area contributed by atoms with Crippen molar-refractivity contribution >= 4 is 12.0 Å². The lowest BCUT2D eigenvalue weighted by atomic mass is 9.78. The van der Waals surface area contributed by atoms with Gasteiger partial charge >= 0.3 is 0 Å². The largest absolute Gasteiger partial charge is 0.389 e. The summed E-state index contributed by atoms with van der Waals surface area (Å²) in [5.41, 5.74) is -0.603. The third kappa shape index (κ3) is 2.17. The summed E-state index contributed by atoms with van der Waals surface area (Å²) in [6.07, 6.45) is 5.91. The second kappa shape index (κ2) is 4.47. The molecule has 19 heavy (non-hydrogen) atoms. The Labute approximate surface area is 110 Å². The van der Waals surface area contributed by atoms with Crippen LogP contribution < -0.4 is 10.7 Å². The van der Waals surface area contributed by atoms with Gasteiger partial charge in [0, 0.05) is 24.5 Å². The number of carbonyl (C=O) groups is 1. The number of aliphatic hydroxyl groups is 1. The third-order valence-electron chi connectivity index (χ3n) is 3.98. The molecule has 2 aliphatic heterocycles. The van der Waals surface area contributed by atoms with Crippen LogP contribution in [0.25, 0.3) is 6.08 Å². The number of fused-ring (bicyclic) bond motifs is 1. The van der Waals surface area contributed by atoms with Crippen LogP contribution in [0.4, 0.5) is 0 Å². The first-order valence-electron chi connectivity index (χ1n) is 6.40. The van der Waals surface area contributed by atoms with E-state index in [9.17, 15) is 9.90 Å². The van der Waals surface area contributed by atoms with E-state index < -0.39 is 11.5 Å². The Hall–Kier alpha value is -1.66. The topological polar surface area (TPSA) is 78.7 Å². The number of hydrogen-bond acceptors (Lipinski definition) is 5. The van der Waals surface area contributed by atoms with E-state index >= 15 is 0 Å². The van der Waals surface area contributed by atoms with Crippen molar-refractivity contribution in [2.45, 2.75) is 18.4 Å². The molecule has 1 aromatic heterocycles. The van der Waals surface area contributed by atoms with Gasteiger partial charge in [-0.2, -0.15) is 4.99 Å². The number of nitrogens with zero attached hydrogens (tertiary/aromatic N) is 4. The van der Waals surface area contributed by atoms with E-state index in [1.807, 2.05) is 7.05 Å². The SMILES string of the molecule is CN1CCC(O)(C2C=c3cncnc3=NC2=O)CC1. The van der Waals surface area contributed by atoms with Crippen molar-refractivity contribution in [1.29, 1.82) is 0 Å². The van der Waals surface area contributed by atoms with Crippen LogP contribution in [0.1, 0.15) is 12.8 Å². The number of hydrogen-bond donors (Lipinski definition) is 1. The highest BCUT2D eigenvalue weighted by atomic mass is 16.3. The summed E-state index contributed by atoms with van der Waals surface area (Å²) in [5.74, 6) is -0.891. The molecule has 0 saturated carbocycles. The summed E-state index contributed by atoms with van der Waals surface area (Å²) in [4.78, 5) is 26.1. The summed E-state index contributed by atoms with van der Waals surface area (Å²) < 4.78 is 0. The number of carbonyl (C=O) groups excluding carboxylic acids is 1. The number of amides is 1. The summed E-state index contributed by atoms with van der Waals surface area (Å²) in [6, 6.07) is 0. The second-order valence-corrected chi connectivity index (χ2v) is 5.30. The zero-order valence-corrected chi connectivity index (χ0v) is 10.8. The first-order chi connectivity index (χ1) is 9.08. The van der Waals surface area contributed by atoms with Gasteiger partial charge in [0.1, 0.15) is 6.33 Å². The Kier molecular flexibility index (Phi) is 2.91. The zero-order chi connectivity index (χ0) is 13.5. The van der Waals surface area contributed by atoms with Gasteiger partial charge < -0.3 is 10.0 Å². The molecule has 1 amide bonds. The van der Waals surface area contributed by atoms with Gasteiger partial charge in [0.2, 0.25) is 0 Å². The second-order valence-electron chi connectivity index (χ2n) is 5.30. The molecule has 0 aromatic carbocycles. The quantitative estimate of drug-likeness (QED) is 0.664. The van der Waals surface area contributed by atoms with E-state index in [1.165, 1.54) is 6.33 Å². The molecule has 6 nitrogen and oxygen atoms in total. The Morgan fingerprint density at radius 1 is 1.42 bits per heavy atom. The van der Waals surface area contributed by atoms with E-state index in [0.717, 1.165) is 18.3 Å². The fraction of sp³-hybridized carbons (Fsp3) is 0.538. The van der Waals surface area contributed by atoms with Crippen LogP contribution in [0.3, 0.4) is 0 Å². The molecule has 1 aromatic rings. The van der Waals surface area contributed by atoms with E-state index in [1.54, 1.807) is 12.3 Å². The van der Waals surface area contributed by atoms with Gasteiger partial charge in [-0.15, -0.1) is 0 Å². The van der Waals surface area contributed by atoms with Crippen molar-refractivity contribution in [3.63, 3.8) is 0 Å². The molecule has 0 spiro atoms. The van der Waals surface area contributed by atoms with E-state index in [4.69, 9.17) is 0 Å². The molecule has 6 heteroatoms. The number of likely N-dealkylation sites (tertiary alicyclic amines) is 1. The molecule has 100 valence electrons. The molecular weight excluding hydrogens is 244 g/mol. The summed E-state index contributed by atoms with van der Waals surface area (Å²) in [7, 11) is 2.01. The lowest BCUT2D eigenvalue weighted by Gasteiger charge is -2.39. The summed E-state index contributed by atoms with van der Waals surface area (Å²) >= 11 is 0. The normalized spacial score (nSPS) is 26.2. The van der Waals surface area contributed by atoms with Gasteiger partial charge in [-0.25, -0.2) is 9.97 Å². The molecule has 0 aliphatic carbocycles. The molecule has 1 fully saturated rings. The van der Waals surface area contributed by atoms with Crippen LogP contribution in [0, 0.1) is 5.92 Å². The lowest BCUT2D eigenvalue weighted by Crippen LogP contribution is -2.52. The van der Waals surface area contributed by atoms with Crippen molar-refractivity contribution in [3.05, 3.63) is 23.2 Å². The predicted octanol–water partition coefficient (Wildman–Crippen LogP) is -1.51. The minimum Gasteiger partial charge on any atom is -0.389 e. The maximum Gasteiger partial charge on any atom is 0.257 e. The van der Waals surface area contributed by atoms with Crippen LogP contribution >= 0.6 is 0 Å². The van der Waals surface area contributed by atoms with Crippen molar-refractivity contribution in [2.24, 2.45) is 10.9 Å². The Morgan fingerprint density at radius 3 is 2.89 bits per heavy atom. The van der Waals surface area contributed by atoms with E-state index in [-0.39, 0.29) is 5.91 Å². The maximum atomic E-state index is 12.1. The van der Waals surface area contributed by atoms with E-state index in [0.29, 0.717) is 18.3 Å². The number of piperidine rings is 1. The standard InChI is InChI=1S/C13H16N4O2/c1-17-4-2-13(19,3-5-17)10-6-9-7-14-8-15-11(9)16-12(10)18/h6-8,10,19H,2-5H2,1H3. The predicted molar refractivity (Wildman–Crippen MR) is 67.5 cm³/mol. The van der Waals surface area contributed by atoms with Crippen molar-refractivity contribution < 1.29 is 9.90 Å². The van der Waals surface area contributed by atoms with Crippen molar-refractivity contribution in [1.82, 2.24) is 14.9 Å². The minimum atomic E-state index is -0.999. The number of aromatic nitrogens is 2.